The van der Waals surface area contributed by atoms with Crippen LogP contribution in [0.3, 0.4) is 0 Å². The lowest BCUT2D eigenvalue weighted by atomic mass is 10.0. The van der Waals surface area contributed by atoms with Gasteiger partial charge in [-0.25, -0.2) is 0 Å². The van der Waals surface area contributed by atoms with Crippen molar-refractivity contribution < 1.29 is 23.9 Å². The van der Waals surface area contributed by atoms with Crippen molar-refractivity contribution in [1.82, 2.24) is 29.9 Å². The molecule has 1 aromatic heterocycles. The topological polar surface area (TPSA) is 119 Å². The van der Waals surface area contributed by atoms with Crippen LogP contribution in [0.4, 0.5) is 0 Å². The summed E-state index contributed by atoms with van der Waals surface area (Å²) in [5.41, 5.74) is 2.24. The van der Waals surface area contributed by atoms with E-state index in [2.05, 4.69) is 15.5 Å². The number of aryl methyl sites for hydroxylation is 3. The van der Waals surface area contributed by atoms with E-state index < -0.39 is 6.04 Å². The number of ether oxygens (including phenoxy) is 2. The molecule has 3 heterocycles. The maximum atomic E-state index is 13.2. The third-order valence-corrected chi connectivity index (χ3v) is 7.37. The molecule has 2 aliphatic rings. The monoisotopic (exact) mass is 546 g/mol. The number of fused-ring (bicyclic) bond motifs is 5. The van der Waals surface area contributed by atoms with Gasteiger partial charge in [-0.2, -0.15) is 0 Å². The number of amides is 3. The van der Waals surface area contributed by atoms with Crippen molar-refractivity contribution in [1.29, 1.82) is 0 Å². The Morgan fingerprint density at radius 1 is 1.15 bits per heavy atom. The SMILES string of the molecule is Cc1ccc2cc1Oc1cccc(c1)CO[C@H]1CCN(C(=O)CCc3nncn3C)C[C@H]1NC(=O)CN(C)C2=O. The van der Waals surface area contributed by atoms with Crippen LogP contribution in [0.5, 0.6) is 11.5 Å². The van der Waals surface area contributed by atoms with Crippen LogP contribution in [0.2, 0.25) is 0 Å². The molecule has 0 aliphatic carbocycles. The zero-order valence-electron chi connectivity index (χ0n) is 23.0. The summed E-state index contributed by atoms with van der Waals surface area (Å²) in [6, 6.07) is 12.4. The molecule has 210 valence electrons. The summed E-state index contributed by atoms with van der Waals surface area (Å²) in [6.07, 6.45) is 2.64. The summed E-state index contributed by atoms with van der Waals surface area (Å²) < 4.78 is 14.2. The molecular weight excluding hydrogens is 512 g/mol. The molecule has 2 aliphatic heterocycles. The third kappa shape index (κ3) is 6.31. The Morgan fingerprint density at radius 3 is 2.80 bits per heavy atom. The first-order chi connectivity index (χ1) is 19.3. The molecule has 1 saturated heterocycles. The summed E-state index contributed by atoms with van der Waals surface area (Å²) in [4.78, 5) is 42.4. The van der Waals surface area contributed by atoms with Crippen LogP contribution in [-0.2, 0) is 34.4 Å². The lowest BCUT2D eigenvalue weighted by Gasteiger charge is -2.39. The zero-order chi connectivity index (χ0) is 28.2. The van der Waals surface area contributed by atoms with Gasteiger partial charge in [-0.05, 0) is 48.7 Å². The van der Waals surface area contributed by atoms with Gasteiger partial charge >= 0.3 is 0 Å². The molecule has 5 rings (SSSR count). The normalized spacial score (nSPS) is 20.0. The number of nitrogens with one attached hydrogen (secondary N) is 1. The van der Waals surface area contributed by atoms with E-state index in [1.807, 2.05) is 44.3 Å². The number of hydrogen-bond donors (Lipinski definition) is 1. The largest absolute Gasteiger partial charge is 0.457 e. The van der Waals surface area contributed by atoms with Gasteiger partial charge in [0.15, 0.2) is 0 Å². The third-order valence-electron chi connectivity index (χ3n) is 7.37. The highest BCUT2D eigenvalue weighted by atomic mass is 16.5. The van der Waals surface area contributed by atoms with E-state index in [0.717, 1.165) is 17.0 Å². The lowest BCUT2D eigenvalue weighted by Crippen LogP contribution is -2.58. The molecule has 3 amide bonds. The Bertz CT molecular complexity index is 1410. The van der Waals surface area contributed by atoms with Gasteiger partial charge in [-0.15, -0.1) is 10.2 Å². The van der Waals surface area contributed by atoms with Gasteiger partial charge in [0.1, 0.15) is 23.7 Å². The number of likely N-dealkylation sites (N-methyl/N-ethyl adjacent to an activating group) is 1. The first kappa shape index (κ1) is 27.3. The maximum absolute atomic E-state index is 13.2. The highest BCUT2D eigenvalue weighted by Crippen LogP contribution is 2.28. The number of piperidine rings is 1. The number of nitrogens with zero attached hydrogens (tertiary/aromatic N) is 5. The van der Waals surface area contributed by atoms with Crippen molar-refractivity contribution in [3.8, 4) is 11.5 Å². The quantitative estimate of drug-likeness (QED) is 0.535. The minimum atomic E-state index is -0.429. The molecule has 0 radical (unpaired) electrons. The van der Waals surface area contributed by atoms with Gasteiger partial charge in [0, 0.05) is 45.6 Å². The molecule has 11 heteroatoms. The van der Waals surface area contributed by atoms with Crippen molar-refractivity contribution in [3.05, 3.63) is 71.3 Å². The molecule has 0 spiro atoms. The number of aromatic nitrogens is 3. The summed E-state index contributed by atoms with van der Waals surface area (Å²) >= 11 is 0. The molecule has 0 unspecified atom stereocenters. The van der Waals surface area contributed by atoms with Gasteiger partial charge in [-0.1, -0.05) is 18.2 Å². The van der Waals surface area contributed by atoms with E-state index in [-0.39, 0.29) is 30.4 Å². The second-order valence-corrected chi connectivity index (χ2v) is 10.4. The van der Waals surface area contributed by atoms with Gasteiger partial charge in [-0.3, -0.25) is 14.4 Å². The second kappa shape index (κ2) is 11.9. The predicted octanol–water partition coefficient (Wildman–Crippen LogP) is 2.24. The van der Waals surface area contributed by atoms with Crippen LogP contribution in [0.1, 0.15) is 40.2 Å². The Balaban J connectivity index is 1.35. The van der Waals surface area contributed by atoms with E-state index in [9.17, 15) is 14.4 Å². The van der Waals surface area contributed by atoms with Gasteiger partial charge in [0.05, 0.1) is 25.3 Å². The minimum Gasteiger partial charge on any atom is -0.457 e. The smallest absolute Gasteiger partial charge is 0.254 e. The van der Waals surface area contributed by atoms with Gasteiger partial charge < -0.3 is 29.2 Å². The van der Waals surface area contributed by atoms with E-state index in [1.165, 1.54) is 4.90 Å². The number of rotatable bonds is 3. The van der Waals surface area contributed by atoms with Crippen molar-refractivity contribution in [2.45, 2.75) is 44.9 Å². The highest BCUT2D eigenvalue weighted by molar-refractivity contribution is 5.96. The molecule has 2 aromatic carbocycles. The predicted molar refractivity (Wildman–Crippen MR) is 146 cm³/mol. The molecule has 1 fully saturated rings. The van der Waals surface area contributed by atoms with Crippen LogP contribution < -0.4 is 10.1 Å². The maximum Gasteiger partial charge on any atom is 0.254 e. The van der Waals surface area contributed by atoms with Crippen LogP contribution >= 0.6 is 0 Å². The Kier molecular flexibility index (Phi) is 8.11. The van der Waals surface area contributed by atoms with Crippen LogP contribution in [-0.4, -0.2) is 81.1 Å². The fourth-order valence-corrected chi connectivity index (χ4v) is 5.04. The van der Waals surface area contributed by atoms with E-state index in [0.29, 0.717) is 56.0 Å². The molecule has 2 atom stereocenters. The molecule has 40 heavy (non-hydrogen) atoms. The summed E-state index contributed by atoms with van der Waals surface area (Å²) in [7, 11) is 3.43. The second-order valence-electron chi connectivity index (χ2n) is 10.4. The summed E-state index contributed by atoms with van der Waals surface area (Å²) in [6.45, 7) is 2.94. The number of carbonyl (C=O) groups is 3. The van der Waals surface area contributed by atoms with E-state index >= 15 is 0 Å². The molecule has 0 saturated carbocycles. The van der Waals surface area contributed by atoms with Crippen molar-refractivity contribution in [3.63, 3.8) is 0 Å². The number of carbonyl (C=O) groups excluding carboxylic acids is 3. The number of benzene rings is 2. The number of hydrogen-bond acceptors (Lipinski definition) is 7. The standard InChI is InChI=1S/C29H34N6O5/c1-19-7-8-21-14-25(19)40-22-6-4-5-20(13-22)17-39-24-11-12-35(28(37)10-9-26-32-30-18-34(26)3)15-23(24)31-27(36)16-33(2)29(21)38/h4-8,13-14,18,23-24H,9-12,15-17H2,1-3H3,(H,31,36)/t23-,24+/m1/s1. The molecular formula is C29H34N6O5. The molecule has 11 nitrogen and oxygen atoms in total. The van der Waals surface area contributed by atoms with Crippen LogP contribution in [0.15, 0.2) is 48.8 Å². The highest BCUT2D eigenvalue weighted by Gasteiger charge is 2.34. The Labute approximate surface area is 233 Å². The molecule has 3 aromatic rings. The average Bonchev–Trinajstić information content (AvgIpc) is 3.35. The summed E-state index contributed by atoms with van der Waals surface area (Å²) in [5, 5.41) is 11.0. The Morgan fingerprint density at radius 2 is 2.00 bits per heavy atom. The van der Waals surface area contributed by atoms with Crippen LogP contribution in [0.25, 0.3) is 0 Å². The van der Waals surface area contributed by atoms with Crippen molar-refractivity contribution in [2.75, 3.05) is 26.7 Å². The van der Waals surface area contributed by atoms with Crippen molar-refractivity contribution >= 4 is 17.7 Å². The number of likely N-dealkylation sites (tertiary alicyclic amines) is 1. The molecule has 4 bridgehead atoms. The summed E-state index contributed by atoms with van der Waals surface area (Å²) in [5.74, 6) is 1.32. The fraction of sp³-hybridized carbons (Fsp3) is 0.414. The van der Waals surface area contributed by atoms with Crippen LogP contribution in [0, 0.1) is 6.92 Å². The van der Waals surface area contributed by atoms with E-state index in [1.54, 1.807) is 35.0 Å². The van der Waals surface area contributed by atoms with Gasteiger partial charge in [0.25, 0.3) is 5.91 Å². The average molecular weight is 547 g/mol. The van der Waals surface area contributed by atoms with E-state index in [4.69, 9.17) is 9.47 Å². The minimum absolute atomic E-state index is 0.0184. The molecule has 1 N–H and O–H groups in total. The first-order valence-electron chi connectivity index (χ1n) is 13.4. The van der Waals surface area contributed by atoms with Crippen molar-refractivity contribution in [2.24, 2.45) is 7.05 Å². The fourth-order valence-electron chi connectivity index (χ4n) is 5.04. The Hall–Kier alpha value is -4.25. The van der Waals surface area contributed by atoms with Gasteiger partial charge in [0.2, 0.25) is 11.8 Å². The zero-order valence-corrected chi connectivity index (χ0v) is 23.0. The first-order valence-corrected chi connectivity index (χ1v) is 13.4. The lowest BCUT2D eigenvalue weighted by molar-refractivity contribution is -0.137.